The van der Waals surface area contributed by atoms with Gasteiger partial charge in [-0.1, -0.05) is 23.7 Å². The molecule has 0 bridgehead atoms. The van der Waals surface area contributed by atoms with E-state index in [9.17, 15) is 5.11 Å². The molecule has 3 N–H and O–H groups in total. The predicted molar refractivity (Wildman–Crippen MR) is 119 cm³/mol. The zero-order valence-electron chi connectivity index (χ0n) is 15.9. The van der Waals surface area contributed by atoms with E-state index >= 15 is 0 Å². The van der Waals surface area contributed by atoms with Gasteiger partial charge in [0.15, 0.2) is 6.35 Å². The molecule has 1 unspecified atom stereocenters. The third-order valence-electron chi connectivity index (χ3n) is 5.54. The highest BCUT2D eigenvalue weighted by atomic mass is 35.5. The van der Waals surface area contributed by atoms with Crippen LogP contribution in [0.5, 0.6) is 0 Å². The number of benzene rings is 1. The minimum Gasteiger partial charge on any atom is -0.361 e. The number of aromatic nitrogens is 3. The van der Waals surface area contributed by atoms with Gasteiger partial charge in [-0.25, -0.2) is 9.97 Å². The Bertz CT molecular complexity index is 1080. The van der Waals surface area contributed by atoms with Crippen LogP contribution in [0.15, 0.2) is 36.7 Å². The Labute approximate surface area is 178 Å². The van der Waals surface area contributed by atoms with Crippen molar-refractivity contribution in [3.63, 3.8) is 0 Å². The minimum atomic E-state index is -0.770. The molecule has 2 aliphatic rings. The maximum atomic E-state index is 10.6. The molecular formula is C21H22ClN5OS. The summed E-state index contributed by atoms with van der Waals surface area (Å²) in [5.74, 6) is 2.16. The molecule has 0 saturated heterocycles. The molecule has 0 amide bonds. The van der Waals surface area contributed by atoms with Gasteiger partial charge < -0.3 is 15.4 Å². The first-order valence-corrected chi connectivity index (χ1v) is 11.3. The predicted octanol–water partition coefficient (Wildman–Crippen LogP) is 3.88. The molecular weight excluding hydrogens is 406 g/mol. The van der Waals surface area contributed by atoms with E-state index in [-0.39, 0.29) is 0 Å². The van der Waals surface area contributed by atoms with Crippen molar-refractivity contribution in [3.8, 4) is 0 Å². The number of halogens is 1. The number of aryl methyl sites for hydroxylation is 1. The number of fused-ring (bicyclic) bond motifs is 3. The van der Waals surface area contributed by atoms with Crippen LogP contribution < -0.4 is 5.32 Å². The molecule has 29 heavy (non-hydrogen) atoms. The fraction of sp³-hybridized carbons (Fsp3) is 0.333. The summed E-state index contributed by atoms with van der Waals surface area (Å²) in [6.07, 6.45) is 4.93. The van der Waals surface area contributed by atoms with E-state index in [1.165, 1.54) is 22.2 Å². The molecule has 0 radical (unpaired) electrons. The maximum absolute atomic E-state index is 10.6. The van der Waals surface area contributed by atoms with Crippen LogP contribution in [0.4, 0.5) is 5.69 Å². The molecule has 150 valence electrons. The number of hydrogen-bond acceptors (Lipinski definition) is 6. The Morgan fingerprint density at radius 2 is 2.21 bits per heavy atom. The Kier molecular flexibility index (Phi) is 5.22. The van der Waals surface area contributed by atoms with Crippen LogP contribution in [0.3, 0.4) is 0 Å². The van der Waals surface area contributed by atoms with E-state index in [2.05, 4.69) is 26.3 Å². The smallest absolute Gasteiger partial charge is 0.184 e. The number of thioether (sulfide) groups is 1. The van der Waals surface area contributed by atoms with Crippen LogP contribution in [0.25, 0.3) is 16.6 Å². The van der Waals surface area contributed by atoms with E-state index in [4.69, 9.17) is 11.6 Å². The summed E-state index contributed by atoms with van der Waals surface area (Å²) in [4.78, 5) is 14.6. The highest BCUT2D eigenvalue weighted by molar-refractivity contribution is 7.98. The summed E-state index contributed by atoms with van der Waals surface area (Å²) in [6.45, 7) is 1.39. The average Bonchev–Trinajstić information content (AvgIpc) is 3.13. The summed E-state index contributed by atoms with van der Waals surface area (Å²) in [5, 5.41) is 15.5. The van der Waals surface area contributed by atoms with Gasteiger partial charge in [-0.15, -0.1) is 0 Å². The van der Waals surface area contributed by atoms with Gasteiger partial charge in [0.25, 0.3) is 0 Å². The molecule has 2 aliphatic heterocycles. The van der Waals surface area contributed by atoms with Crippen LogP contribution >= 0.6 is 23.4 Å². The SMILES string of the molecule is OC(Nc1cccc(Cl)c1)N1CC=C(c2ncnc3[nH]c4c(c23)CSCC4)CC1. The summed E-state index contributed by atoms with van der Waals surface area (Å²) < 4.78 is 0. The van der Waals surface area contributed by atoms with Gasteiger partial charge in [0.1, 0.15) is 12.0 Å². The Morgan fingerprint density at radius 3 is 3.03 bits per heavy atom. The number of aliphatic hydroxyl groups is 1. The van der Waals surface area contributed by atoms with Crippen molar-refractivity contribution < 1.29 is 5.11 Å². The normalized spacial score (nSPS) is 18.3. The Balaban J connectivity index is 1.36. The molecule has 6 nitrogen and oxygen atoms in total. The van der Waals surface area contributed by atoms with Crippen LogP contribution in [-0.4, -0.2) is 50.2 Å². The molecule has 1 aromatic carbocycles. The molecule has 5 rings (SSSR count). The molecule has 0 saturated carbocycles. The zero-order valence-corrected chi connectivity index (χ0v) is 17.4. The van der Waals surface area contributed by atoms with Crippen molar-refractivity contribution in [1.82, 2.24) is 19.9 Å². The summed E-state index contributed by atoms with van der Waals surface area (Å²) in [5.41, 5.74) is 6.66. The van der Waals surface area contributed by atoms with Crippen molar-refractivity contribution in [2.45, 2.75) is 24.9 Å². The first-order chi connectivity index (χ1) is 14.2. The van der Waals surface area contributed by atoms with Gasteiger partial charge >= 0.3 is 0 Å². The lowest BCUT2D eigenvalue weighted by atomic mass is 10.00. The highest BCUT2D eigenvalue weighted by Gasteiger charge is 2.24. The Morgan fingerprint density at radius 1 is 1.28 bits per heavy atom. The fourth-order valence-corrected chi connectivity index (χ4v) is 5.25. The van der Waals surface area contributed by atoms with E-state index < -0.39 is 6.35 Å². The monoisotopic (exact) mass is 427 g/mol. The molecule has 0 aliphatic carbocycles. The minimum absolute atomic E-state index is 0.642. The van der Waals surface area contributed by atoms with E-state index in [1.54, 1.807) is 12.4 Å². The lowest BCUT2D eigenvalue weighted by Gasteiger charge is -2.31. The van der Waals surface area contributed by atoms with Crippen LogP contribution in [0, 0.1) is 0 Å². The van der Waals surface area contributed by atoms with Gasteiger partial charge in [-0.05, 0) is 47.9 Å². The quantitative estimate of drug-likeness (QED) is 0.548. The van der Waals surface area contributed by atoms with Crippen molar-refractivity contribution >= 4 is 45.7 Å². The molecule has 0 fully saturated rings. The molecule has 8 heteroatoms. The molecule has 4 heterocycles. The second-order valence-electron chi connectivity index (χ2n) is 7.33. The van der Waals surface area contributed by atoms with Crippen molar-refractivity contribution in [3.05, 3.63) is 58.6 Å². The molecule has 2 aromatic heterocycles. The molecule has 1 atom stereocenters. The van der Waals surface area contributed by atoms with Crippen molar-refractivity contribution in [1.29, 1.82) is 0 Å². The lowest BCUT2D eigenvalue weighted by molar-refractivity contribution is 0.0342. The summed E-state index contributed by atoms with van der Waals surface area (Å²) in [6, 6.07) is 7.38. The lowest BCUT2D eigenvalue weighted by Crippen LogP contribution is -2.43. The number of aromatic amines is 1. The van der Waals surface area contributed by atoms with Crippen molar-refractivity contribution in [2.24, 2.45) is 0 Å². The van der Waals surface area contributed by atoms with Crippen LogP contribution in [0.2, 0.25) is 5.02 Å². The highest BCUT2D eigenvalue weighted by Crippen LogP contribution is 2.35. The van der Waals surface area contributed by atoms with E-state index in [0.29, 0.717) is 11.6 Å². The molecule has 3 aromatic rings. The van der Waals surface area contributed by atoms with Gasteiger partial charge in [0.05, 0.1) is 5.69 Å². The number of nitrogens with one attached hydrogen (secondary N) is 2. The van der Waals surface area contributed by atoms with Crippen LogP contribution in [-0.2, 0) is 12.2 Å². The standard InChI is InChI=1S/C21H22ClN5OS/c22-14-2-1-3-15(10-14)25-21(28)27-7-4-13(5-8-27)19-18-16-11-29-9-6-17(16)26-20(18)24-12-23-19/h1-4,10,12,21,25,28H,5-9,11H2,(H,23,24,26). The second kappa shape index (κ2) is 7.99. The van der Waals surface area contributed by atoms with Gasteiger partial charge in [0.2, 0.25) is 0 Å². The number of nitrogens with zero attached hydrogens (tertiary/aromatic N) is 3. The number of H-pyrrole nitrogens is 1. The summed E-state index contributed by atoms with van der Waals surface area (Å²) in [7, 11) is 0. The third kappa shape index (κ3) is 3.75. The largest absolute Gasteiger partial charge is 0.361 e. The van der Waals surface area contributed by atoms with Gasteiger partial charge in [0, 0.05) is 40.6 Å². The summed E-state index contributed by atoms with van der Waals surface area (Å²) >= 11 is 7.99. The van der Waals surface area contributed by atoms with Crippen LogP contribution in [0.1, 0.15) is 23.4 Å². The number of hydrogen-bond donors (Lipinski definition) is 3. The fourth-order valence-electron chi connectivity index (χ4n) is 4.04. The Hall–Kier alpha value is -2.06. The maximum Gasteiger partial charge on any atom is 0.184 e. The van der Waals surface area contributed by atoms with Crippen molar-refractivity contribution in [2.75, 3.05) is 24.2 Å². The third-order valence-corrected chi connectivity index (χ3v) is 6.76. The zero-order chi connectivity index (χ0) is 19.8. The second-order valence-corrected chi connectivity index (χ2v) is 8.87. The van der Waals surface area contributed by atoms with Gasteiger partial charge in [-0.2, -0.15) is 11.8 Å². The number of anilines is 1. The number of rotatable bonds is 4. The first kappa shape index (κ1) is 18.9. The first-order valence-electron chi connectivity index (χ1n) is 9.75. The average molecular weight is 428 g/mol. The van der Waals surface area contributed by atoms with Gasteiger partial charge in [-0.3, -0.25) is 4.90 Å². The topological polar surface area (TPSA) is 77.1 Å². The number of aliphatic hydroxyl groups excluding tert-OH is 1. The van der Waals surface area contributed by atoms with E-state index in [1.807, 2.05) is 34.9 Å². The molecule has 0 spiro atoms. The van der Waals surface area contributed by atoms with E-state index in [0.717, 1.165) is 47.9 Å².